The van der Waals surface area contributed by atoms with Crippen LogP contribution in [0.5, 0.6) is 11.5 Å². The van der Waals surface area contributed by atoms with E-state index in [0.29, 0.717) is 24.5 Å². The molecule has 1 heterocycles. The van der Waals surface area contributed by atoms with E-state index in [2.05, 4.69) is 26.6 Å². The van der Waals surface area contributed by atoms with Gasteiger partial charge in [0.2, 0.25) is 11.8 Å². The Hall–Kier alpha value is -2.38. The van der Waals surface area contributed by atoms with Crippen LogP contribution in [-0.2, 0) is 9.59 Å². The molecule has 2 amide bonds. The Morgan fingerprint density at radius 2 is 1.74 bits per heavy atom. The van der Waals surface area contributed by atoms with E-state index >= 15 is 0 Å². The molecule has 0 bridgehead atoms. The number of nitrogens with one attached hydrogen (secondary N) is 2. The first-order valence-corrected chi connectivity index (χ1v) is 9.50. The van der Waals surface area contributed by atoms with Crippen molar-refractivity contribution in [2.24, 2.45) is 0 Å². The zero-order valence-electron chi connectivity index (χ0n) is 15.3. The van der Waals surface area contributed by atoms with E-state index in [1.807, 2.05) is 43.0 Å². The first-order chi connectivity index (χ1) is 12.8. The van der Waals surface area contributed by atoms with Gasteiger partial charge in [-0.25, -0.2) is 0 Å². The summed E-state index contributed by atoms with van der Waals surface area (Å²) in [6, 6.07) is 14.7. The molecule has 7 heteroatoms. The highest BCUT2D eigenvalue weighted by atomic mass is 79.9. The van der Waals surface area contributed by atoms with Crippen molar-refractivity contribution in [3.63, 3.8) is 0 Å². The predicted molar refractivity (Wildman–Crippen MR) is 108 cm³/mol. The summed E-state index contributed by atoms with van der Waals surface area (Å²) >= 11 is 3.39. The average molecular weight is 432 g/mol. The Morgan fingerprint density at radius 1 is 1.15 bits per heavy atom. The molecule has 1 aliphatic rings. The Kier molecular flexibility index (Phi) is 5.82. The number of amides is 2. The molecule has 0 unspecified atom stereocenters. The molecule has 2 aromatic carbocycles. The van der Waals surface area contributed by atoms with Crippen LogP contribution in [0.3, 0.4) is 0 Å². The Balaban J connectivity index is 1.57. The molecule has 2 N–H and O–H groups in total. The van der Waals surface area contributed by atoms with Crippen molar-refractivity contribution < 1.29 is 14.3 Å². The summed E-state index contributed by atoms with van der Waals surface area (Å²) in [7, 11) is 0. The Morgan fingerprint density at radius 3 is 2.37 bits per heavy atom. The van der Waals surface area contributed by atoms with E-state index in [1.54, 1.807) is 24.3 Å². The number of hydrogen-bond acceptors (Lipinski definition) is 4. The number of hydrogen-bond donors (Lipinski definition) is 2. The summed E-state index contributed by atoms with van der Waals surface area (Å²) in [5.41, 5.74) is -0.0137. The fourth-order valence-electron chi connectivity index (χ4n) is 2.84. The largest absolute Gasteiger partial charge is 0.457 e. The van der Waals surface area contributed by atoms with Crippen molar-refractivity contribution in [3.05, 3.63) is 53.0 Å². The molecule has 1 aliphatic heterocycles. The molecule has 0 atom stereocenters. The topological polar surface area (TPSA) is 70.7 Å². The molecule has 142 valence electrons. The summed E-state index contributed by atoms with van der Waals surface area (Å²) in [5, 5.41) is 5.69. The summed E-state index contributed by atoms with van der Waals surface area (Å²) in [6.07, 6.45) is 0. The van der Waals surface area contributed by atoms with Gasteiger partial charge in [0, 0.05) is 23.2 Å². The van der Waals surface area contributed by atoms with Gasteiger partial charge < -0.3 is 15.4 Å². The van der Waals surface area contributed by atoms with Crippen molar-refractivity contribution in [2.75, 3.05) is 25.0 Å². The third kappa shape index (κ3) is 4.87. The minimum atomic E-state index is -0.696. The number of nitrogens with zero attached hydrogens (tertiary/aromatic N) is 1. The predicted octanol–water partition coefficient (Wildman–Crippen LogP) is 3.39. The molecule has 27 heavy (non-hydrogen) atoms. The molecular weight excluding hydrogens is 410 g/mol. The van der Waals surface area contributed by atoms with E-state index in [1.165, 1.54) is 0 Å². The number of halogens is 1. The fourth-order valence-corrected chi connectivity index (χ4v) is 3.10. The monoisotopic (exact) mass is 431 g/mol. The molecule has 2 aromatic rings. The van der Waals surface area contributed by atoms with Crippen molar-refractivity contribution in [1.29, 1.82) is 0 Å². The number of piperazine rings is 1. The van der Waals surface area contributed by atoms with E-state index < -0.39 is 5.54 Å². The van der Waals surface area contributed by atoms with Gasteiger partial charge >= 0.3 is 0 Å². The van der Waals surface area contributed by atoms with Crippen LogP contribution in [0.4, 0.5) is 5.69 Å². The number of carbonyl (C=O) groups is 2. The maximum absolute atomic E-state index is 12.4. The highest BCUT2D eigenvalue weighted by Gasteiger charge is 2.38. The SMILES string of the molecule is CC1(C)C(=O)NCCN1CC(=O)Nc1ccc(Oc2ccc(Br)cc2)cc1. The quantitative estimate of drug-likeness (QED) is 0.760. The van der Waals surface area contributed by atoms with Gasteiger partial charge in [-0.1, -0.05) is 15.9 Å². The van der Waals surface area contributed by atoms with Gasteiger partial charge in [-0.05, 0) is 62.4 Å². The molecule has 3 rings (SSSR count). The minimum Gasteiger partial charge on any atom is -0.457 e. The van der Waals surface area contributed by atoms with Crippen LogP contribution in [0.1, 0.15) is 13.8 Å². The maximum atomic E-state index is 12.4. The summed E-state index contributed by atoms with van der Waals surface area (Å²) in [4.78, 5) is 26.2. The lowest BCUT2D eigenvalue weighted by molar-refractivity contribution is -0.136. The molecule has 0 radical (unpaired) electrons. The van der Waals surface area contributed by atoms with Gasteiger partial charge in [-0.15, -0.1) is 0 Å². The van der Waals surface area contributed by atoms with Gasteiger partial charge in [0.05, 0.1) is 12.1 Å². The van der Waals surface area contributed by atoms with Crippen molar-refractivity contribution in [3.8, 4) is 11.5 Å². The van der Waals surface area contributed by atoms with Crippen LogP contribution in [0.15, 0.2) is 53.0 Å². The lowest BCUT2D eigenvalue weighted by Crippen LogP contribution is -2.62. The zero-order chi connectivity index (χ0) is 19.4. The zero-order valence-corrected chi connectivity index (χ0v) is 16.9. The van der Waals surface area contributed by atoms with Crippen LogP contribution in [0, 0.1) is 0 Å². The van der Waals surface area contributed by atoms with Gasteiger partial charge in [0.1, 0.15) is 11.5 Å². The summed E-state index contributed by atoms with van der Waals surface area (Å²) in [6.45, 7) is 5.01. The molecule has 0 spiro atoms. The molecule has 0 aliphatic carbocycles. The van der Waals surface area contributed by atoms with Crippen LogP contribution >= 0.6 is 15.9 Å². The van der Waals surface area contributed by atoms with Gasteiger partial charge in [0.25, 0.3) is 0 Å². The fraction of sp³-hybridized carbons (Fsp3) is 0.300. The number of carbonyl (C=O) groups excluding carboxylic acids is 2. The average Bonchev–Trinajstić information content (AvgIpc) is 2.63. The molecule has 1 fully saturated rings. The number of benzene rings is 2. The standard InChI is InChI=1S/C20H22BrN3O3/c1-20(2)19(26)22-11-12-24(20)13-18(25)23-15-5-9-17(10-6-15)27-16-7-3-14(21)4-8-16/h3-10H,11-13H2,1-2H3,(H,22,26)(H,23,25). The third-order valence-corrected chi connectivity index (χ3v) is 5.06. The third-order valence-electron chi connectivity index (χ3n) is 4.54. The Bertz CT molecular complexity index is 819. The lowest BCUT2D eigenvalue weighted by atomic mass is 9.99. The molecule has 1 saturated heterocycles. The van der Waals surface area contributed by atoms with Crippen LogP contribution in [0.2, 0.25) is 0 Å². The van der Waals surface area contributed by atoms with Crippen LogP contribution in [0.25, 0.3) is 0 Å². The van der Waals surface area contributed by atoms with E-state index in [4.69, 9.17) is 4.74 Å². The second-order valence-corrected chi connectivity index (χ2v) is 7.78. The highest BCUT2D eigenvalue weighted by molar-refractivity contribution is 9.10. The number of rotatable bonds is 5. The van der Waals surface area contributed by atoms with E-state index in [-0.39, 0.29) is 18.4 Å². The first-order valence-electron chi connectivity index (χ1n) is 8.71. The first kappa shape index (κ1) is 19.4. The summed E-state index contributed by atoms with van der Waals surface area (Å²) in [5.74, 6) is 1.21. The number of ether oxygens (including phenoxy) is 1. The van der Waals surface area contributed by atoms with Crippen molar-refractivity contribution in [1.82, 2.24) is 10.2 Å². The molecular formula is C20H22BrN3O3. The molecule has 0 aromatic heterocycles. The maximum Gasteiger partial charge on any atom is 0.240 e. The summed E-state index contributed by atoms with van der Waals surface area (Å²) < 4.78 is 6.76. The van der Waals surface area contributed by atoms with E-state index in [9.17, 15) is 9.59 Å². The van der Waals surface area contributed by atoms with Crippen molar-refractivity contribution in [2.45, 2.75) is 19.4 Å². The second kappa shape index (κ2) is 8.10. The second-order valence-electron chi connectivity index (χ2n) is 6.87. The minimum absolute atomic E-state index is 0.0593. The van der Waals surface area contributed by atoms with Gasteiger partial charge in [-0.2, -0.15) is 0 Å². The molecule has 6 nitrogen and oxygen atoms in total. The highest BCUT2D eigenvalue weighted by Crippen LogP contribution is 2.24. The van der Waals surface area contributed by atoms with Gasteiger partial charge in [-0.3, -0.25) is 14.5 Å². The molecule has 0 saturated carbocycles. The normalized spacial score (nSPS) is 16.5. The van der Waals surface area contributed by atoms with Crippen LogP contribution in [-0.4, -0.2) is 41.9 Å². The van der Waals surface area contributed by atoms with Crippen molar-refractivity contribution >= 4 is 33.4 Å². The van der Waals surface area contributed by atoms with Crippen LogP contribution < -0.4 is 15.4 Å². The lowest BCUT2D eigenvalue weighted by Gasteiger charge is -2.40. The Labute approximate surface area is 167 Å². The van der Waals surface area contributed by atoms with Gasteiger partial charge in [0.15, 0.2) is 0 Å². The number of anilines is 1. The smallest absolute Gasteiger partial charge is 0.240 e. The van der Waals surface area contributed by atoms with E-state index in [0.717, 1.165) is 10.2 Å².